The van der Waals surface area contributed by atoms with Gasteiger partial charge in [0.1, 0.15) is 0 Å². The molecule has 0 spiro atoms. The van der Waals surface area contributed by atoms with Crippen molar-refractivity contribution in [3.05, 3.63) is 33.8 Å². The Hall–Kier alpha value is -0.350. The molecule has 0 radical (unpaired) electrons. The fraction of sp³-hybridized carbons (Fsp3) is 0.462. The summed E-state index contributed by atoms with van der Waals surface area (Å²) in [5.41, 5.74) is 6.61. The van der Waals surface area contributed by atoms with Crippen LogP contribution in [0.25, 0.3) is 0 Å². The smallest absolute Gasteiger partial charge is 0.0740 e. The Balaban J connectivity index is 2.73. The average molecular weight is 305 g/mol. The zero-order valence-corrected chi connectivity index (χ0v) is 12.9. The lowest BCUT2D eigenvalue weighted by Gasteiger charge is -2.26. The lowest BCUT2D eigenvalue weighted by molar-refractivity contribution is 0.219. The van der Waals surface area contributed by atoms with E-state index in [1.807, 2.05) is 12.1 Å². The monoisotopic (exact) mass is 304 g/mol. The Bertz CT molecular complexity index is 421. The molecule has 0 unspecified atom stereocenters. The molecule has 0 saturated carbocycles. The zero-order chi connectivity index (χ0) is 13.7. The van der Waals surface area contributed by atoms with Crippen LogP contribution in [0, 0.1) is 0 Å². The molecule has 18 heavy (non-hydrogen) atoms. The first-order chi connectivity index (χ1) is 8.40. The van der Waals surface area contributed by atoms with Crippen molar-refractivity contribution in [1.29, 1.82) is 0 Å². The molecule has 2 nitrogen and oxygen atoms in total. The van der Waals surface area contributed by atoms with Gasteiger partial charge >= 0.3 is 0 Å². The molecule has 1 rings (SSSR count). The summed E-state index contributed by atoms with van der Waals surface area (Å²) in [5, 5.41) is 1.35. The van der Waals surface area contributed by atoms with E-state index < -0.39 is 0 Å². The van der Waals surface area contributed by atoms with E-state index >= 15 is 0 Å². The fourth-order valence-corrected chi connectivity index (χ4v) is 2.20. The van der Waals surface area contributed by atoms with Gasteiger partial charge in [-0.05, 0) is 31.5 Å². The summed E-state index contributed by atoms with van der Waals surface area (Å²) in [5.74, 6) is 0. The SMILES string of the molecule is CC(C)N(CCC(N)=S)Cc1ccc(Cl)cc1Cl. The van der Waals surface area contributed by atoms with Gasteiger partial charge in [0, 0.05) is 35.6 Å². The second-order valence-electron chi connectivity index (χ2n) is 4.52. The second-order valence-corrected chi connectivity index (χ2v) is 5.88. The van der Waals surface area contributed by atoms with Crippen LogP contribution in [0.4, 0.5) is 0 Å². The molecule has 5 heteroatoms. The zero-order valence-electron chi connectivity index (χ0n) is 10.6. The number of nitrogens with zero attached hydrogens (tertiary/aromatic N) is 1. The van der Waals surface area contributed by atoms with Gasteiger partial charge in [0.05, 0.1) is 4.99 Å². The molecule has 2 N–H and O–H groups in total. The molecular weight excluding hydrogens is 287 g/mol. The number of halogens is 2. The van der Waals surface area contributed by atoms with E-state index in [0.717, 1.165) is 25.1 Å². The first-order valence-corrected chi connectivity index (χ1v) is 7.03. The Labute approximate surface area is 124 Å². The minimum atomic E-state index is 0.408. The van der Waals surface area contributed by atoms with E-state index in [1.54, 1.807) is 6.07 Å². The summed E-state index contributed by atoms with van der Waals surface area (Å²) in [7, 11) is 0. The Morgan fingerprint density at radius 3 is 2.56 bits per heavy atom. The van der Waals surface area contributed by atoms with Crippen LogP contribution in [0.1, 0.15) is 25.8 Å². The van der Waals surface area contributed by atoms with E-state index in [9.17, 15) is 0 Å². The van der Waals surface area contributed by atoms with Crippen molar-refractivity contribution >= 4 is 40.4 Å². The normalized spacial score (nSPS) is 11.2. The van der Waals surface area contributed by atoms with Crippen LogP contribution < -0.4 is 5.73 Å². The minimum Gasteiger partial charge on any atom is -0.393 e. The predicted octanol–water partition coefficient (Wildman–Crippen LogP) is 3.88. The van der Waals surface area contributed by atoms with Crippen LogP contribution in [-0.4, -0.2) is 22.5 Å². The summed E-state index contributed by atoms with van der Waals surface area (Å²) < 4.78 is 0. The number of benzene rings is 1. The van der Waals surface area contributed by atoms with Gasteiger partial charge in [-0.15, -0.1) is 0 Å². The van der Waals surface area contributed by atoms with E-state index in [2.05, 4.69) is 18.7 Å². The third kappa shape index (κ3) is 5.11. The first kappa shape index (κ1) is 15.7. The molecule has 1 aromatic carbocycles. The molecule has 0 aliphatic carbocycles. The quantitative estimate of drug-likeness (QED) is 0.809. The topological polar surface area (TPSA) is 29.3 Å². The first-order valence-electron chi connectivity index (χ1n) is 5.86. The number of rotatable bonds is 6. The standard InChI is InChI=1S/C13H18Cl2N2S/c1-9(2)17(6-5-13(16)18)8-10-3-4-11(14)7-12(10)15/h3-4,7,9H,5-6,8H2,1-2H3,(H2,16,18). The van der Waals surface area contributed by atoms with Gasteiger partial charge in [0.15, 0.2) is 0 Å². The van der Waals surface area contributed by atoms with Crippen LogP contribution in [0.2, 0.25) is 10.0 Å². The van der Waals surface area contributed by atoms with Gasteiger partial charge in [-0.1, -0.05) is 41.5 Å². The second kappa shape index (κ2) is 7.29. The van der Waals surface area contributed by atoms with Crippen LogP contribution in [0.3, 0.4) is 0 Å². The predicted molar refractivity (Wildman–Crippen MR) is 83.4 cm³/mol. The van der Waals surface area contributed by atoms with Gasteiger partial charge < -0.3 is 5.73 Å². The van der Waals surface area contributed by atoms with Crippen LogP contribution >= 0.6 is 35.4 Å². The largest absolute Gasteiger partial charge is 0.393 e. The summed E-state index contributed by atoms with van der Waals surface area (Å²) in [6, 6.07) is 5.99. The molecule has 0 aliphatic heterocycles. The summed E-state index contributed by atoms with van der Waals surface area (Å²) in [6.45, 7) is 5.90. The molecule has 0 bridgehead atoms. The maximum Gasteiger partial charge on any atom is 0.0740 e. The van der Waals surface area contributed by atoms with Gasteiger partial charge in [-0.25, -0.2) is 0 Å². The molecule has 1 aromatic rings. The summed E-state index contributed by atoms with van der Waals surface area (Å²) in [4.78, 5) is 2.83. The van der Waals surface area contributed by atoms with Gasteiger partial charge in [0.25, 0.3) is 0 Å². The Morgan fingerprint density at radius 1 is 1.39 bits per heavy atom. The Kier molecular flexibility index (Phi) is 6.36. The highest BCUT2D eigenvalue weighted by molar-refractivity contribution is 7.80. The van der Waals surface area contributed by atoms with Crippen molar-refractivity contribution in [2.75, 3.05) is 6.54 Å². The van der Waals surface area contributed by atoms with Crippen LogP contribution in [0.15, 0.2) is 18.2 Å². The maximum absolute atomic E-state index is 6.18. The van der Waals surface area contributed by atoms with E-state index in [0.29, 0.717) is 21.1 Å². The minimum absolute atomic E-state index is 0.408. The molecule has 0 heterocycles. The highest BCUT2D eigenvalue weighted by atomic mass is 35.5. The van der Waals surface area contributed by atoms with Gasteiger partial charge in [-0.3, -0.25) is 4.90 Å². The molecule has 0 atom stereocenters. The number of nitrogens with two attached hydrogens (primary N) is 1. The fourth-order valence-electron chi connectivity index (χ4n) is 1.64. The highest BCUT2D eigenvalue weighted by Crippen LogP contribution is 2.23. The van der Waals surface area contributed by atoms with E-state index in [1.165, 1.54) is 0 Å². The summed E-state index contributed by atoms with van der Waals surface area (Å²) >= 11 is 17.0. The van der Waals surface area contributed by atoms with Crippen LogP contribution in [0.5, 0.6) is 0 Å². The van der Waals surface area contributed by atoms with Crippen molar-refractivity contribution in [3.63, 3.8) is 0 Å². The van der Waals surface area contributed by atoms with Gasteiger partial charge in [-0.2, -0.15) is 0 Å². The highest BCUT2D eigenvalue weighted by Gasteiger charge is 2.12. The third-order valence-electron chi connectivity index (χ3n) is 2.76. The number of hydrogen-bond acceptors (Lipinski definition) is 2. The van der Waals surface area contributed by atoms with E-state index in [4.69, 9.17) is 41.2 Å². The van der Waals surface area contributed by atoms with Crippen molar-refractivity contribution < 1.29 is 0 Å². The maximum atomic E-state index is 6.18. The molecular formula is C13H18Cl2N2S. The number of hydrogen-bond donors (Lipinski definition) is 1. The molecule has 100 valence electrons. The lowest BCUT2D eigenvalue weighted by atomic mass is 10.1. The molecule has 0 saturated heterocycles. The lowest BCUT2D eigenvalue weighted by Crippen LogP contribution is -2.33. The van der Waals surface area contributed by atoms with Crippen molar-refractivity contribution in [2.24, 2.45) is 5.73 Å². The third-order valence-corrected chi connectivity index (χ3v) is 3.56. The number of thiocarbonyl (C=S) groups is 1. The molecule has 0 amide bonds. The summed E-state index contributed by atoms with van der Waals surface area (Å²) in [6.07, 6.45) is 0.721. The van der Waals surface area contributed by atoms with E-state index in [-0.39, 0.29) is 0 Å². The van der Waals surface area contributed by atoms with Gasteiger partial charge in [0.2, 0.25) is 0 Å². The molecule has 0 aromatic heterocycles. The van der Waals surface area contributed by atoms with Crippen molar-refractivity contribution in [2.45, 2.75) is 32.9 Å². The molecule has 0 fully saturated rings. The Morgan fingerprint density at radius 2 is 2.06 bits per heavy atom. The molecule has 0 aliphatic rings. The average Bonchev–Trinajstić information content (AvgIpc) is 2.26. The van der Waals surface area contributed by atoms with Crippen molar-refractivity contribution in [3.8, 4) is 0 Å². The van der Waals surface area contributed by atoms with Crippen molar-refractivity contribution in [1.82, 2.24) is 4.90 Å². The van der Waals surface area contributed by atoms with Crippen LogP contribution in [-0.2, 0) is 6.54 Å².